The predicted octanol–water partition coefficient (Wildman–Crippen LogP) is 1.81. The Morgan fingerprint density at radius 1 is 1.36 bits per heavy atom. The number of aromatic nitrogens is 2. The van der Waals surface area contributed by atoms with Crippen molar-refractivity contribution in [3.63, 3.8) is 0 Å². The van der Waals surface area contributed by atoms with Gasteiger partial charge in [0.1, 0.15) is 4.47 Å². The van der Waals surface area contributed by atoms with Crippen LogP contribution in [-0.4, -0.2) is 67.1 Å². The van der Waals surface area contributed by atoms with Crippen molar-refractivity contribution in [2.45, 2.75) is 25.7 Å². The van der Waals surface area contributed by atoms with E-state index < -0.39 is 0 Å². The number of aryl methyl sites for hydroxylation is 1. The number of carbonyl (C=O) groups excluding carboxylic acids is 1. The summed E-state index contributed by atoms with van der Waals surface area (Å²) in [4.78, 5) is 15.2. The summed E-state index contributed by atoms with van der Waals surface area (Å²) in [6.07, 6.45) is 4.52. The molecule has 25 heavy (non-hydrogen) atoms. The molecule has 140 valence electrons. The summed E-state index contributed by atoms with van der Waals surface area (Å²) < 4.78 is 13.0. The lowest BCUT2D eigenvalue weighted by molar-refractivity contribution is -0.000659. The molecule has 0 unspecified atom stereocenters. The molecule has 7 nitrogen and oxygen atoms in total. The maximum atomic E-state index is 12.7. The Labute approximate surface area is 157 Å². The summed E-state index contributed by atoms with van der Waals surface area (Å²) >= 11 is 3.42. The second-order valence-electron chi connectivity index (χ2n) is 7.07. The van der Waals surface area contributed by atoms with Crippen molar-refractivity contribution in [1.82, 2.24) is 20.0 Å². The number of methoxy groups -OCH3 is 1. The monoisotopic (exact) mass is 414 g/mol. The van der Waals surface area contributed by atoms with E-state index in [1.807, 2.05) is 0 Å². The minimum atomic E-state index is -0.168. The Morgan fingerprint density at radius 2 is 2.04 bits per heavy atom. The molecule has 1 N–H and O–H groups in total. The second kappa shape index (κ2) is 8.05. The molecule has 2 aliphatic rings. The van der Waals surface area contributed by atoms with E-state index in [1.54, 1.807) is 18.8 Å². The highest BCUT2D eigenvalue weighted by Crippen LogP contribution is 2.33. The number of hydrogen-bond donors (Lipinski definition) is 1. The van der Waals surface area contributed by atoms with Gasteiger partial charge >= 0.3 is 0 Å². The van der Waals surface area contributed by atoms with Crippen molar-refractivity contribution < 1.29 is 14.3 Å². The first kappa shape index (κ1) is 18.7. The molecule has 1 amide bonds. The molecule has 3 rings (SSSR count). The SMILES string of the molecule is COc1c(Br)c(C(=O)NCC2(CN3CCCC3)CCOCC2)nn1C. The third kappa shape index (κ3) is 4.17. The van der Waals surface area contributed by atoms with Gasteiger partial charge in [0.05, 0.1) is 7.11 Å². The van der Waals surface area contributed by atoms with E-state index in [4.69, 9.17) is 9.47 Å². The molecule has 8 heteroatoms. The standard InChI is InChI=1S/C17H27BrN4O3/c1-21-16(24-2)13(18)14(20-21)15(23)19-11-17(5-9-25-10-6-17)12-22-7-3-4-8-22/h3-12H2,1-2H3,(H,19,23). The average Bonchev–Trinajstić information content (AvgIpc) is 3.21. The van der Waals surface area contributed by atoms with Crippen molar-refractivity contribution >= 4 is 21.8 Å². The molecule has 0 bridgehead atoms. The molecular formula is C17H27BrN4O3. The van der Waals surface area contributed by atoms with Gasteiger partial charge in [0.15, 0.2) is 5.69 Å². The van der Waals surface area contributed by atoms with E-state index in [0.717, 1.165) is 32.6 Å². The zero-order valence-electron chi connectivity index (χ0n) is 15.0. The van der Waals surface area contributed by atoms with Crippen LogP contribution in [0.4, 0.5) is 0 Å². The molecule has 0 aliphatic carbocycles. The number of amides is 1. The second-order valence-corrected chi connectivity index (χ2v) is 7.87. The van der Waals surface area contributed by atoms with Crippen molar-refractivity contribution in [1.29, 1.82) is 0 Å². The van der Waals surface area contributed by atoms with Crippen LogP contribution in [0.15, 0.2) is 4.47 Å². The van der Waals surface area contributed by atoms with Gasteiger partial charge in [-0.05, 0) is 54.7 Å². The van der Waals surface area contributed by atoms with Crippen molar-refractivity contribution in [2.75, 3.05) is 46.5 Å². The van der Waals surface area contributed by atoms with E-state index in [-0.39, 0.29) is 11.3 Å². The van der Waals surface area contributed by atoms with Crippen molar-refractivity contribution in [3.05, 3.63) is 10.2 Å². The van der Waals surface area contributed by atoms with Crippen molar-refractivity contribution in [2.24, 2.45) is 12.5 Å². The summed E-state index contributed by atoms with van der Waals surface area (Å²) in [5.41, 5.74) is 0.451. The minimum absolute atomic E-state index is 0.0869. The maximum absolute atomic E-state index is 12.7. The van der Waals surface area contributed by atoms with E-state index in [9.17, 15) is 4.79 Å². The number of rotatable bonds is 6. The van der Waals surface area contributed by atoms with Crippen LogP contribution in [0, 0.1) is 5.41 Å². The summed E-state index contributed by atoms with van der Waals surface area (Å²) in [6, 6.07) is 0. The number of carbonyl (C=O) groups is 1. The van der Waals surface area contributed by atoms with Crippen LogP contribution in [0.3, 0.4) is 0 Å². The molecule has 0 atom stereocenters. The van der Waals surface area contributed by atoms with Gasteiger partial charge in [-0.15, -0.1) is 0 Å². The Kier molecular flexibility index (Phi) is 6.01. The topological polar surface area (TPSA) is 68.6 Å². The van der Waals surface area contributed by atoms with Crippen LogP contribution in [-0.2, 0) is 11.8 Å². The Morgan fingerprint density at radius 3 is 2.64 bits per heavy atom. The number of nitrogens with zero attached hydrogens (tertiary/aromatic N) is 3. The molecule has 0 aromatic carbocycles. The first-order valence-electron chi connectivity index (χ1n) is 8.89. The fourth-order valence-electron chi connectivity index (χ4n) is 3.81. The minimum Gasteiger partial charge on any atom is -0.480 e. The van der Waals surface area contributed by atoms with Crippen LogP contribution in [0.2, 0.25) is 0 Å². The van der Waals surface area contributed by atoms with Gasteiger partial charge in [-0.1, -0.05) is 0 Å². The van der Waals surface area contributed by atoms with Crippen LogP contribution in [0.1, 0.15) is 36.2 Å². The van der Waals surface area contributed by atoms with Crippen LogP contribution < -0.4 is 10.1 Å². The molecule has 3 heterocycles. The van der Waals surface area contributed by atoms with Crippen LogP contribution in [0.25, 0.3) is 0 Å². The highest BCUT2D eigenvalue weighted by molar-refractivity contribution is 9.10. The molecular weight excluding hydrogens is 388 g/mol. The zero-order chi connectivity index (χ0) is 17.9. The third-order valence-corrected chi connectivity index (χ3v) is 6.00. The van der Waals surface area contributed by atoms with E-state index >= 15 is 0 Å². The molecule has 2 aliphatic heterocycles. The molecule has 0 spiro atoms. The fraction of sp³-hybridized carbons (Fsp3) is 0.765. The lowest BCUT2D eigenvalue weighted by Gasteiger charge is -2.40. The smallest absolute Gasteiger partial charge is 0.273 e. The highest BCUT2D eigenvalue weighted by atomic mass is 79.9. The van der Waals surface area contributed by atoms with E-state index in [0.29, 0.717) is 22.6 Å². The van der Waals surface area contributed by atoms with Gasteiger partial charge in [0, 0.05) is 38.8 Å². The van der Waals surface area contributed by atoms with Crippen LogP contribution >= 0.6 is 15.9 Å². The summed E-state index contributed by atoms with van der Waals surface area (Å²) in [7, 11) is 3.32. The van der Waals surface area contributed by atoms with Gasteiger partial charge in [-0.25, -0.2) is 4.68 Å². The molecule has 1 aromatic heterocycles. The Hall–Kier alpha value is -1.12. The lowest BCUT2D eigenvalue weighted by Crippen LogP contribution is -2.48. The van der Waals surface area contributed by atoms with Gasteiger partial charge in [-0.3, -0.25) is 4.79 Å². The predicted molar refractivity (Wildman–Crippen MR) is 98.0 cm³/mol. The number of ether oxygens (including phenoxy) is 2. The van der Waals surface area contributed by atoms with Gasteiger partial charge < -0.3 is 19.7 Å². The summed E-state index contributed by atoms with van der Waals surface area (Å²) in [5, 5.41) is 7.37. The summed E-state index contributed by atoms with van der Waals surface area (Å²) in [6.45, 7) is 5.55. The number of likely N-dealkylation sites (tertiary alicyclic amines) is 1. The number of nitrogens with one attached hydrogen (secondary N) is 1. The van der Waals surface area contributed by atoms with E-state index in [1.165, 1.54) is 25.9 Å². The molecule has 2 saturated heterocycles. The molecule has 1 aromatic rings. The summed E-state index contributed by atoms with van der Waals surface area (Å²) in [5.74, 6) is 0.376. The quantitative estimate of drug-likeness (QED) is 0.768. The fourth-order valence-corrected chi connectivity index (χ4v) is 4.49. The maximum Gasteiger partial charge on any atom is 0.273 e. The molecule has 0 saturated carbocycles. The first-order chi connectivity index (χ1) is 12.0. The number of hydrogen-bond acceptors (Lipinski definition) is 5. The van der Waals surface area contributed by atoms with Gasteiger partial charge in [0.2, 0.25) is 5.88 Å². The lowest BCUT2D eigenvalue weighted by atomic mass is 9.79. The van der Waals surface area contributed by atoms with Gasteiger partial charge in [-0.2, -0.15) is 5.10 Å². The largest absolute Gasteiger partial charge is 0.480 e. The third-order valence-electron chi connectivity index (χ3n) is 5.28. The normalized spacial score (nSPS) is 20.6. The van der Waals surface area contributed by atoms with E-state index in [2.05, 4.69) is 31.2 Å². The average molecular weight is 415 g/mol. The Balaban J connectivity index is 1.67. The van der Waals surface area contributed by atoms with Crippen LogP contribution in [0.5, 0.6) is 5.88 Å². The Bertz CT molecular complexity index is 607. The number of halogens is 1. The first-order valence-corrected chi connectivity index (χ1v) is 9.69. The molecule has 2 fully saturated rings. The van der Waals surface area contributed by atoms with Gasteiger partial charge in [0.25, 0.3) is 5.91 Å². The zero-order valence-corrected chi connectivity index (χ0v) is 16.6. The molecule has 0 radical (unpaired) electrons. The highest BCUT2D eigenvalue weighted by Gasteiger charge is 2.36. The van der Waals surface area contributed by atoms with Crippen molar-refractivity contribution in [3.8, 4) is 5.88 Å².